The fourth-order valence-electron chi connectivity index (χ4n) is 1.93. The van der Waals surface area contributed by atoms with Crippen LogP contribution in [0.5, 0.6) is 0 Å². The molecule has 2 heteroatoms. The quantitative estimate of drug-likeness (QED) is 0.835. The van der Waals surface area contributed by atoms with Crippen LogP contribution in [-0.2, 0) is 13.0 Å². The minimum atomic E-state index is 0.401. The maximum Gasteiger partial charge on any atom is 0.0305 e. The van der Waals surface area contributed by atoms with E-state index in [1.54, 1.807) is 0 Å². The molecule has 0 saturated carbocycles. The van der Waals surface area contributed by atoms with E-state index < -0.39 is 0 Å². The van der Waals surface area contributed by atoms with Crippen LogP contribution in [0.15, 0.2) is 36.4 Å². The standard InChI is InChI=1S/C16H21NS/c1-4-15-9-10-16(18-15)11-17-13(3)14-7-5-12(2)6-8-14/h5-10,13,17H,4,11H2,1-3H3/t13-/m1/s1. The van der Waals surface area contributed by atoms with Crippen molar-refractivity contribution in [1.82, 2.24) is 5.32 Å². The number of aryl methyl sites for hydroxylation is 2. The van der Waals surface area contributed by atoms with Crippen LogP contribution in [0.3, 0.4) is 0 Å². The Balaban J connectivity index is 1.91. The summed E-state index contributed by atoms with van der Waals surface area (Å²) in [6.45, 7) is 7.51. The molecule has 1 N–H and O–H groups in total. The number of hydrogen-bond acceptors (Lipinski definition) is 2. The van der Waals surface area contributed by atoms with Crippen molar-refractivity contribution < 1.29 is 0 Å². The van der Waals surface area contributed by atoms with Gasteiger partial charge in [-0.2, -0.15) is 0 Å². The highest BCUT2D eigenvalue weighted by molar-refractivity contribution is 7.11. The van der Waals surface area contributed by atoms with Crippen molar-refractivity contribution >= 4 is 11.3 Å². The second kappa shape index (κ2) is 6.17. The molecule has 0 aliphatic carbocycles. The van der Waals surface area contributed by atoms with Crippen LogP contribution in [0, 0.1) is 6.92 Å². The van der Waals surface area contributed by atoms with Crippen molar-refractivity contribution in [3.63, 3.8) is 0 Å². The van der Waals surface area contributed by atoms with E-state index in [9.17, 15) is 0 Å². The van der Waals surface area contributed by atoms with Crippen molar-refractivity contribution in [2.45, 2.75) is 39.8 Å². The molecule has 0 bridgehead atoms. The first-order chi connectivity index (χ1) is 8.69. The summed E-state index contributed by atoms with van der Waals surface area (Å²) in [6, 6.07) is 13.6. The molecule has 0 aliphatic heterocycles. The van der Waals surface area contributed by atoms with Crippen molar-refractivity contribution in [3.8, 4) is 0 Å². The zero-order chi connectivity index (χ0) is 13.0. The third-order valence-corrected chi connectivity index (χ3v) is 4.46. The molecule has 2 aromatic rings. The third kappa shape index (κ3) is 3.44. The number of benzene rings is 1. The zero-order valence-electron chi connectivity index (χ0n) is 11.4. The molecule has 1 nitrogen and oxygen atoms in total. The van der Waals surface area contributed by atoms with E-state index in [2.05, 4.69) is 62.5 Å². The average molecular weight is 259 g/mol. The van der Waals surface area contributed by atoms with Crippen molar-refractivity contribution in [3.05, 3.63) is 57.3 Å². The molecule has 0 aliphatic rings. The van der Waals surface area contributed by atoms with Crippen LogP contribution in [0.25, 0.3) is 0 Å². The lowest BCUT2D eigenvalue weighted by atomic mass is 10.1. The fraction of sp³-hybridized carbons (Fsp3) is 0.375. The van der Waals surface area contributed by atoms with Gasteiger partial charge in [0.15, 0.2) is 0 Å². The highest BCUT2D eigenvalue weighted by Crippen LogP contribution is 2.19. The van der Waals surface area contributed by atoms with Crippen LogP contribution in [0.2, 0.25) is 0 Å². The zero-order valence-corrected chi connectivity index (χ0v) is 12.2. The van der Waals surface area contributed by atoms with Gasteiger partial charge >= 0.3 is 0 Å². The van der Waals surface area contributed by atoms with Gasteiger partial charge in [0.1, 0.15) is 0 Å². The van der Waals surface area contributed by atoms with Gasteiger partial charge in [0.2, 0.25) is 0 Å². The van der Waals surface area contributed by atoms with E-state index in [-0.39, 0.29) is 0 Å². The molecule has 18 heavy (non-hydrogen) atoms. The molecule has 0 amide bonds. The molecule has 0 spiro atoms. The minimum absolute atomic E-state index is 0.401. The Kier molecular flexibility index (Phi) is 4.56. The van der Waals surface area contributed by atoms with Crippen molar-refractivity contribution in [2.75, 3.05) is 0 Å². The van der Waals surface area contributed by atoms with Gasteiger partial charge in [0.05, 0.1) is 0 Å². The van der Waals surface area contributed by atoms with Crippen molar-refractivity contribution in [2.24, 2.45) is 0 Å². The first kappa shape index (κ1) is 13.3. The molecule has 0 fully saturated rings. The van der Waals surface area contributed by atoms with E-state index in [1.807, 2.05) is 11.3 Å². The fourth-order valence-corrected chi connectivity index (χ4v) is 2.84. The van der Waals surface area contributed by atoms with E-state index in [0.717, 1.165) is 13.0 Å². The summed E-state index contributed by atoms with van der Waals surface area (Å²) in [4.78, 5) is 2.89. The lowest BCUT2D eigenvalue weighted by Crippen LogP contribution is -2.17. The summed E-state index contributed by atoms with van der Waals surface area (Å²) in [7, 11) is 0. The van der Waals surface area contributed by atoms with Crippen LogP contribution < -0.4 is 5.32 Å². The molecule has 0 radical (unpaired) electrons. The predicted octanol–water partition coefficient (Wildman–Crippen LogP) is 4.47. The van der Waals surface area contributed by atoms with Gasteiger partial charge < -0.3 is 5.32 Å². The summed E-state index contributed by atoms with van der Waals surface area (Å²) in [5.74, 6) is 0. The molecule has 2 rings (SSSR count). The average Bonchev–Trinajstić information content (AvgIpc) is 2.85. The molecule has 1 aromatic carbocycles. The number of rotatable bonds is 5. The van der Waals surface area contributed by atoms with E-state index in [0.29, 0.717) is 6.04 Å². The Bertz CT molecular complexity index is 484. The highest BCUT2D eigenvalue weighted by Gasteiger charge is 2.05. The molecule has 0 unspecified atom stereocenters. The van der Waals surface area contributed by atoms with Crippen LogP contribution in [0.1, 0.15) is 40.8 Å². The van der Waals surface area contributed by atoms with E-state index in [1.165, 1.54) is 20.9 Å². The first-order valence-electron chi connectivity index (χ1n) is 6.56. The minimum Gasteiger partial charge on any atom is -0.305 e. The number of nitrogens with one attached hydrogen (secondary N) is 1. The molecule has 1 atom stereocenters. The molecule has 1 aromatic heterocycles. The molecule has 96 valence electrons. The van der Waals surface area contributed by atoms with Crippen LogP contribution in [-0.4, -0.2) is 0 Å². The summed E-state index contributed by atoms with van der Waals surface area (Å²) < 4.78 is 0. The first-order valence-corrected chi connectivity index (χ1v) is 7.38. The Labute approximate surface area is 114 Å². The second-order valence-electron chi connectivity index (χ2n) is 4.73. The maximum atomic E-state index is 3.58. The lowest BCUT2D eigenvalue weighted by Gasteiger charge is -2.13. The summed E-state index contributed by atoms with van der Waals surface area (Å²) in [6.07, 6.45) is 1.14. The van der Waals surface area contributed by atoms with E-state index >= 15 is 0 Å². The van der Waals surface area contributed by atoms with Gasteiger partial charge in [0, 0.05) is 22.3 Å². The van der Waals surface area contributed by atoms with Gasteiger partial charge in [-0.1, -0.05) is 36.8 Å². The number of thiophene rings is 1. The smallest absolute Gasteiger partial charge is 0.0305 e. The Morgan fingerprint density at radius 2 is 1.72 bits per heavy atom. The molecular formula is C16H21NS. The summed E-state index contributed by atoms with van der Waals surface area (Å²) >= 11 is 1.91. The predicted molar refractivity (Wildman–Crippen MR) is 80.1 cm³/mol. The monoisotopic (exact) mass is 259 g/mol. The molecule has 1 heterocycles. The van der Waals surface area contributed by atoms with Gasteiger partial charge in [-0.05, 0) is 38.0 Å². The van der Waals surface area contributed by atoms with Crippen LogP contribution >= 0.6 is 11.3 Å². The van der Waals surface area contributed by atoms with Gasteiger partial charge in [0.25, 0.3) is 0 Å². The van der Waals surface area contributed by atoms with Gasteiger partial charge in [-0.3, -0.25) is 0 Å². The molecule has 0 saturated heterocycles. The third-order valence-electron chi connectivity index (χ3n) is 3.23. The maximum absolute atomic E-state index is 3.58. The highest BCUT2D eigenvalue weighted by atomic mass is 32.1. The van der Waals surface area contributed by atoms with Crippen LogP contribution in [0.4, 0.5) is 0 Å². The van der Waals surface area contributed by atoms with E-state index in [4.69, 9.17) is 0 Å². The Morgan fingerprint density at radius 3 is 2.33 bits per heavy atom. The largest absolute Gasteiger partial charge is 0.305 e. The molecular weight excluding hydrogens is 238 g/mol. The summed E-state index contributed by atoms with van der Waals surface area (Å²) in [5.41, 5.74) is 2.67. The lowest BCUT2D eigenvalue weighted by molar-refractivity contribution is 0.579. The topological polar surface area (TPSA) is 12.0 Å². The second-order valence-corrected chi connectivity index (χ2v) is 5.99. The van der Waals surface area contributed by atoms with Crippen molar-refractivity contribution in [1.29, 1.82) is 0 Å². The van der Waals surface area contributed by atoms with Gasteiger partial charge in [-0.25, -0.2) is 0 Å². The summed E-state index contributed by atoms with van der Waals surface area (Å²) in [5, 5.41) is 3.58. The normalized spacial score (nSPS) is 12.6. The SMILES string of the molecule is CCc1ccc(CN[C@H](C)c2ccc(C)cc2)s1. The van der Waals surface area contributed by atoms with Gasteiger partial charge in [-0.15, -0.1) is 11.3 Å². The number of hydrogen-bond donors (Lipinski definition) is 1. The Hall–Kier alpha value is -1.12. The Morgan fingerprint density at radius 1 is 1.06 bits per heavy atom.